The molecule has 0 spiro atoms. The molecule has 1 aromatic heterocycles. The van der Waals surface area contributed by atoms with E-state index < -0.39 is 0 Å². The summed E-state index contributed by atoms with van der Waals surface area (Å²) in [6.45, 7) is 4.63. The van der Waals surface area contributed by atoms with Crippen LogP contribution in [0.15, 0.2) is 46.2 Å². The Balaban J connectivity index is 1.39. The zero-order valence-corrected chi connectivity index (χ0v) is 21.9. The molecule has 0 saturated carbocycles. The summed E-state index contributed by atoms with van der Waals surface area (Å²) in [6, 6.07) is 6.18. The molecule has 0 atom stereocenters. The fraction of sp³-hybridized carbons (Fsp3) is 0.400. The number of piperazine rings is 1. The number of rotatable bonds is 6. The molecule has 190 valence electrons. The minimum atomic E-state index is -0.223. The molecule has 1 amide bonds. The van der Waals surface area contributed by atoms with Crippen molar-refractivity contribution in [1.82, 2.24) is 20.2 Å². The van der Waals surface area contributed by atoms with E-state index in [-0.39, 0.29) is 12.6 Å². The fourth-order valence-electron chi connectivity index (χ4n) is 4.76. The van der Waals surface area contributed by atoms with Gasteiger partial charge in [-0.05, 0) is 31.0 Å². The van der Waals surface area contributed by atoms with Gasteiger partial charge in [0, 0.05) is 68.5 Å². The summed E-state index contributed by atoms with van der Waals surface area (Å²) in [5.74, 6) is 0.739. The number of anilines is 4. The first-order valence-electron chi connectivity index (χ1n) is 12.0. The van der Waals surface area contributed by atoms with Gasteiger partial charge in [0.15, 0.2) is 0 Å². The van der Waals surface area contributed by atoms with Crippen molar-refractivity contribution in [2.75, 3.05) is 62.1 Å². The molecule has 2 aliphatic heterocycles. The number of fused-ring (bicyclic) bond motifs is 1. The van der Waals surface area contributed by atoms with Crippen LogP contribution in [-0.2, 0) is 11.3 Å². The number of hydrogen-bond donors (Lipinski definition) is 2. The van der Waals surface area contributed by atoms with Gasteiger partial charge in [-0.25, -0.2) is 4.98 Å². The Morgan fingerprint density at radius 2 is 2.03 bits per heavy atom. The highest BCUT2D eigenvalue weighted by Gasteiger charge is 2.34. The number of nitrogens with one attached hydrogen (secondary N) is 2. The molecule has 2 N–H and O–H groups in total. The van der Waals surface area contributed by atoms with Gasteiger partial charge >= 0.3 is 0 Å². The molecule has 2 aromatic rings. The highest BCUT2D eigenvalue weighted by atomic mass is 35.5. The van der Waals surface area contributed by atoms with Crippen LogP contribution in [0.4, 0.5) is 23.1 Å². The van der Waals surface area contributed by atoms with E-state index in [1.54, 1.807) is 18.2 Å². The maximum atomic E-state index is 13.3. The molecule has 9 nitrogen and oxygen atoms in total. The lowest BCUT2D eigenvalue weighted by Crippen LogP contribution is -2.45. The van der Waals surface area contributed by atoms with Gasteiger partial charge in [-0.1, -0.05) is 29.3 Å². The summed E-state index contributed by atoms with van der Waals surface area (Å²) < 4.78 is 5.46. The molecule has 36 heavy (non-hydrogen) atoms. The van der Waals surface area contributed by atoms with Crippen LogP contribution in [0.5, 0.6) is 0 Å². The second kappa shape index (κ2) is 10.6. The number of hydrogen-bond acceptors (Lipinski definition) is 8. The number of benzene rings is 1. The average Bonchev–Trinajstić information content (AvgIpc) is 2.88. The predicted octanol–water partition coefficient (Wildman–Crippen LogP) is 3.99. The van der Waals surface area contributed by atoms with E-state index in [1.165, 1.54) is 5.69 Å². The minimum Gasteiger partial charge on any atom is -0.380 e. The van der Waals surface area contributed by atoms with Gasteiger partial charge in [0.1, 0.15) is 11.4 Å². The smallest absolute Gasteiger partial charge is 0.265 e. The number of allylic oxidation sites excluding steroid dienone is 3. The molecule has 0 radical (unpaired) electrons. The minimum absolute atomic E-state index is 0.223. The highest BCUT2D eigenvalue weighted by Crippen LogP contribution is 2.37. The maximum absolute atomic E-state index is 13.3. The number of ether oxygens (including phenoxy) is 1. The van der Waals surface area contributed by atoms with Crippen LogP contribution in [0.25, 0.3) is 0 Å². The summed E-state index contributed by atoms with van der Waals surface area (Å²) >= 11 is 12.9. The van der Waals surface area contributed by atoms with Crippen LogP contribution in [0.2, 0.25) is 0 Å². The van der Waals surface area contributed by atoms with E-state index >= 15 is 0 Å². The van der Waals surface area contributed by atoms with Gasteiger partial charge in [-0.2, -0.15) is 4.98 Å². The van der Waals surface area contributed by atoms with Crippen molar-refractivity contribution < 1.29 is 9.53 Å². The molecule has 3 aliphatic rings. The molecular formula is C25H29Cl2N7O2. The molecule has 1 fully saturated rings. The predicted molar refractivity (Wildman–Crippen MR) is 143 cm³/mol. The Morgan fingerprint density at radius 3 is 2.78 bits per heavy atom. The molecule has 1 saturated heterocycles. The van der Waals surface area contributed by atoms with Crippen molar-refractivity contribution in [3.8, 4) is 0 Å². The van der Waals surface area contributed by atoms with E-state index in [0.29, 0.717) is 46.1 Å². The molecule has 11 heteroatoms. The molecule has 0 unspecified atom stereocenters. The number of methoxy groups -OCH3 is 1. The zero-order valence-electron chi connectivity index (χ0n) is 20.4. The molecule has 5 rings (SSSR count). The lowest BCUT2D eigenvalue weighted by atomic mass is 10.1. The SMILES string of the molecule is COCc1cc(Nc2ncc3c(n2)N(C)CN(C2=C(Cl)CCC=C2Cl)C3=O)ccc1N1CCNCC1. The van der Waals surface area contributed by atoms with Crippen LogP contribution in [0.1, 0.15) is 28.8 Å². The zero-order chi connectivity index (χ0) is 25.2. The van der Waals surface area contributed by atoms with Crippen molar-refractivity contribution in [3.05, 3.63) is 57.4 Å². The third-order valence-corrected chi connectivity index (χ3v) is 7.19. The molecule has 0 bridgehead atoms. The normalized spacial score (nSPS) is 18.4. The van der Waals surface area contributed by atoms with Gasteiger partial charge in [-0.15, -0.1) is 0 Å². The molecule has 3 heterocycles. The number of amides is 1. The third kappa shape index (κ3) is 4.88. The van der Waals surface area contributed by atoms with Crippen molar-refractivity contribution in [2.24, 2.45) is 0 Å². The number of carbonyl (C=O) groups is 1. The second-order valence-corrected chi connectivity index (χ2v) is 9.85. The monoisotopic (exact) mass is 529 g/mol. The first kappa shape index (κ1) is 24.8. The number of carbonyl (C=O) groups excluding carboxylic acids is 1. The Hall–Kier alpha value is -2.85. The van der Waals surface area contributed by atoms with E-state index in [2.05, 4.69) is 37.6 Å². The second-order valence-electron chi connectivity index (χ2n) is 8.99. The molecular weight excluding hydrogens is 501 g/mol. The third-order valence-electron chi connectivity index (χ3n) is 6.49. The van der Waals surface area contributed by atoms with E-state index in [1.807, 2.05) is 24.1 Å². The van der Waals surface area contributed by atoms with Crippen molar-refractivity contribution in [3.63, 3.8) is 0 Å². The standard InChI is InChI=1S/C25H29Cl2N7O2/c1-32-15-34(22-19(26)4-3-5-20(22)27)24(35)18-13-29-25(31-23(18)32)30-17-6-7-21(16(12-17)14-36-2)33-10-8-28-9-11-33/h4,6-7,12-13,28H,3,5,8-11,14-15H2,1-2H3,(H,29,30,31). The van der Waals surface area contributed by atoms with Crippen LogP contribution < -0.4 is 20.4 Å². The van der Waals surface area contributed by atoms with Gasteiger partial charge in [0.2, 0.25) is 5.95 Å². The van der Waals surface area contributed by atoms with Crippen LogP contribution in [0, 0.1) is 0 Å². The van der Waals surface area contributed by atoms with Crippen molar-refractivity contribution in [2.45, 2.75) is 19.4 Å². The molecule has 1 aromatic carbocycles. The van der Waals surface area contributed by atoms with Gasteiger partial charge in [-0.3, -0.25) is 9.69 Å². The molecule has 1 aliphatic carbocycles. The topological polar surface area (TPSA) is 85.9 Å². The van der Waals surface area contributed by atoms with E-state index in [4.69, 9.17) is 27.9 Å². The number of halogens is 2. The van der Waals surface area contributed by atoms with E-state index in [0.717, 1.165) is 43.9 Å². The lowest BCUT2D eigenvalue weighted by Gasteiger charge is -2.37. The summed E-state index contributed by atoms with van der Waals surface area (Å²) in [5.41, 5.74) is 4.07. The summed E-state index contributed by atoms with van der Waals surface area (Å²) in [6.07, 6.45) is 4.86. The first-order chi connectivity index (χ1) is 17.5. The van der Waals surface area contributed by atoms with Crippen LogP contribution >= 0.6 is 23.2 Å². The highest BCUT2D eigenvalue weighted by molar-refractivity contribution is 6.36. The maximum Gasteiger partial charge on any atom is 0.265 e. The summed E-state index contributed by atoms with van der Waals surface area (Å²) in [5, 5.41) is 7.75. The lowest BCUT2D eigenvalue weighted by molar-refractivity contribution is 0.0797. The summed E-state index contributed by atoms with van der Waals surface area (Å²) in [4.78, 5) is 28.3. The Morgan fingerprint density at radius 1 is 1.22 bits per heavy atom. The quantitative estimate of drug-likeness (QED) is 0.580. The van der Waals surface area contributed by atoms with Crippen molar-refractivity contribution in [1.29, 1.82) is 0 Å². The Labute approximate surface area is 220 Å². The van der Waals surface area contributed by atoms with Gasteiger partial charge < -0.3 is 25.2 Å². The van der Waals surface area contributed by atoms with Crippen LogP contribution in [0.3, 0.4) is 0 Å². The Kier molecular flexibility index (Phi) is 7.34. The van der Waals surface area contributed by atoms with Crippen LogP contribution in [-0.4, -0.2) is 67.8 Å². The summed E-state index contributed by atoms with van der Waals surface area (Å²) in [7, 11) is 3.58. The average molecular weight is 530 g/mol. The number of nitrogens with zero attached hydrogens (tertiary/aromatic N) is 5. The van der Waals surface area contributed by atoms with Gasteiger partial charge in [0.25, 0.3) is 5.91 Å². The van der Waals surface area contributed by atoms with Gasteiger partial charge in [0.05, 0.1) is 24.0 Å². The number of aromatic nitrogens is 2. The van der Waals surface area contributed by atoms with E-state index in [9.17, 15) is 4.79 Å². The fourth-order valence-corrected chi connectivity index (χ4v) is 5.45. The largest absolute Gasteiger partial charge is 0.380 e. The first-order valence-corrected chi connectivity index (χ1v) is 12.7. The van der Waals surface area contributed by atoms with Crippen molar-refractivity contribution >= 4 is 52.3 Å². The Bertz CT molecular complexity index is 1230.